The highest BCUT2D eigenvalue weighted by Crippen LogP contribution is 2.34. The summed E-state index contributed by atoms with van der Waals surface area (Å²) in [4.78, 5) is 15.8. The number of aromatic nitrogens is 1. The molecule has 0 fully saturated rings. The van der Waals surface area contributed by atoms with Gasteiger partial charge in [-0.15, -0.1) is 0 Å². The van der Waals surface area contributed by atoms with Gasteiger partial charge in [0, 0.05) is 24.6 Å². The Bertz CT molecular complexity index is 1190. The van der Waals surface area contributed by atoms with E-state index in [0.29, 0.717) is 45.0 Å². The third kappa shape index (κ3) is 4.01. The van der Waals surface area contributed by atoms with Gasteiger partial charge in [-0.05, 0) is 25.0 Å². The number of amidine groups is 1. The van der Waals surface area contributed by atoms with Crippen molar-refractivity contribution >= 4 is 23.1 Å². The number of nitrogens with zero attached hydrogens (tertiary/aromatic N) is 4. The Hall–Kier alpha value is -3.20. The molecule has 6 nitrogen and oxygen atoms in total. The number of fused-ring (bicyclic) bond motifs is 3. The van der Waals surface area contributed by atoms with Crippen LogP contribution in [0.5, 0.6) is 0 Å². The smallest absolute Gasteiger partial charge is 0.273 e. The second kappa shape index (κ2) is 8.30. The van der Waals surface area contributed by atoms with Gasteiger partial charge in [-0.3, -0.25) is 4.98 Å². The molecule has 2 aromatic rings. The minimum absolute atomic E-state index is 0.149. The van der Waals surface area contributed by atoms with Gasteiger partial charge in [-0.2, -0.15) is 4.99 Å². The molecule has 0 radical (unpaired) electrons. The number of anilines is 1. The molecule has 33 heavy (non-hydrogen) atoms. The van der Waals surface area contributed by atoms with E-state index in [1.54, 1.807) is 6.92 Å². The van der Waals surface area contributed by atoms with Crippen LogP contribution in [0.4, 0.5) is 18.9 Å². The standard InChI is InChI=1S/C24H24F3N5O/c1-14(16-4-3-5-18(21(16)25)24(2,26)27)30-22-17-12-19(15-6-10-33-11-7-15)29-13-20(17)32-9-8-28-23(32)31-22/h3-6,12-14H,7-11H2,1-2H3,(H,28,30,31)/t14-/m1/s1. The van der Waals surface area contributed by atoms with Gasteiger partial charge in [-0.1, -0.05) is 24.3 Å². The number of aliphatic imine (C=N–C) groups is 2. The van der Waals surface area contributed by atoms with Gasteiger partial charge >= 0.3 is 0 Å². The fourth-order valence-corrected chi connectivity index (χ4v) is 4.32. The van der Waals surface area contributed by atoms with Crippen LogP contribution < -0.4 is 10.2 Å². The largest absolute Gasteiger partial charge is 0.377 e. The number of ether oxygens (including phenoxy) is 1. The summed E-state index contributed by atoms with van der Waals surface area (Å²) >= 11 is 0. The Morgan fingerprint density at radius 3 is 2.88 bits per heavy atom. The summed E-state index contributed by atoms with van der Waals surface area (Å²) < 4.78 is 48.1. The van der Waals surface area contributed by atoms with Gasteiger partial charge < -0.3 is 15.0 Å². The molecular weight excluding hydrogens is 431 g/mol. The molecule has 1 aromatic heterocycles. The quantitative estimate of drug-likeness (QED) is 0.741. The number of rotatable bonds is 4. The molecule has 172 valence electrons. The van der Waals surface area contributed by atoms with E-state index in [1.807, 2.05) is 23.2 Å². The average Bonchev–Trinajstić information content (AvgIpc) is 3.27. The predicted octanol–water partition coefficient (Wildman–Crippen LogP) is 4.42. The number of guanidine groups is 1. The highest BCUT2D eigenvalue weighted by atomic mass is 19.3. The monoisotopic (exact) mass is 455 g/mol. The molecule has 1 atom stereocenters. The van der Waals surface area contributed by atoms with Crippen LogP contribution in [0.2, 0.25) is 0 Å². The Labute approximate surface area is 189 Å². The summed E-state index contributed by atoms with van der Waals surface area (Å²) in [6, 6.07) is 5.43. The van der Waals surface area contributed by atoms with Gasteiger partial charge in [0.1, 0.15) is 11.7 Å². The van der Waals surface area contributed by atoms with E-state index in [0.717, 1.165) is 35.0 Å². The zero-order valence-electron chi connectivity index (χ0n) is 18.4. The lowest BCUT2D eigenvalue weighted by molar-refractivity contribution is 0.0135. The van der Waals surface area contributed by atoms with Gasteiger partial charge in [0.15, 0.2) is 0 Å². The maximum absolute atomic E-state index is 15.0. The second-order valence-corrected chi connectivity index (χ2v) is 8.40. The number of pyridine rings is 1. The number of hydrogen-bond donors (Lipinski definition) is 1. The fourth-order valence-electron chi connectivity index (χ4n) is 4.32. The first-order valence-electron chi connectivity index (χ1n) is 10.9. The van der Waals surface area contributed by atoms with Crippen LogP contribution >= 0.6 is 0 Å². The molecule has 0 unspecified atom stereocenters. The van der Waals surface area contributed by atoms with Crippen molar-refractivity contribution in [3.63, 3.8) is 0 Å². The molecule has 3 aliphatic rings. The molecule has 1 aromatic carbocycles. The number of benzene rings is 1. The minimum atomic E-state index is -3.27. The van der Waals surface area contributed by atoms with Crippen molar-refractivity contribution in [3.8, 4) is 0 Å². The van der Waals surface area contributed by atoms with Crippen molar-refractivity contribution in [1.82, 2.24) is 10.3 Å². The van der Waals surface area contributed by atoms with E-state index < -0.39 is 23.3 Å². The molecular formula is C24H24F3N5O. The topological polar surface area (TPSA) is 62.1 Å². The molecule has 0 spiro atoms. The third-order valence-electron chi connectivity index (χ3n) is 6.07. The SMILES string of the molecule is C[C@@H](NC1=NC2=NCCN2c2cnc(C3=CCOCC3)cc21)c1cccc(C(C)(F)F)c1F. The van der Waals surface area contributed by atoms with Crippen molar-refractivity contribution in [1.29, 1.82) is 0 Å². The summed E-state index contributed by atoms with van der Waals surface area (Å²) in [5, 5.41) is 3.24. The van der Waals surface area contributed by atoms with Crippen molar-refractivity contribution < 1.29 is 17.9 Å². The number of nitrogens with one attached hydrogen (secondary N) is 1. The first-order valence-corrected chi connectivity index (χ1v) is 10.9. The lowest BCUT2D eigenvalue weighted by Gasteiger charge is -2.29. The molecule has 0 saturated heterocycles. The summed E-state index contributed by atoms with van der Waals surface area (Å²) in [7, 11) is 0. The maximum Gasteiger partial charge on any atom is 0.273 e. The molecule has 4 heterocycles. The molecule has 0 bridgehead atoms. The summed E-state index contributed by atoms with van der Waals surface area (Å²) in [5.74, 6) is -3.11. The molecule has 0 amide bonds. The van der Waals surface area contributed by atoms with E-state index in [4.69, 9.17) is 4.74 Å². The average molecular weight is 455 g/mol. The fraction of sp³-hybridized carbons (Fsp3) is 0.375. The molecule has 5 rings (SSSR count). The van der Waals surface area contributed by atoms with Crippen LogP contribution in [-0.2, 0) is 10.7 Å². The molecule has 0 saturated carbocycles. The van der Waals surface area contributed by atoms with E-state index in [1.165, 1.54) is 12.1 Å². The van der Waals surface area contributed by atoms with Crippen molar-refractivity contribution in [2.24, 2.45) is 9.98 Å². The Balaban J connectivity index is 1.52. The molecule has 3 aliphatic heterocycles. The number of alkyl halides is 2. The zero-order chi connectivity index (χ0) is 23.2. The Kier molecular flexibility index (Phi) is 5.44. The third-order valence-corrected chi connectivity index (χ3v) is 6.07. The van der Waals surface area contributed by atoms with Gasteiger partial charge in [0.05, 0.1) is 48.9 Å². The maximum atomic E-state index is 15.0. The van der Waals surface area contributed by atoms with E-state index >= 15 is 0 Å². The van der Waals surface area contributed by atoms with Gasteiger partial charge in [-0.25, -0.2) is 18.2 Å². The van der Waals surface area contributed by atoms with Crippen LogP contribution in [0.3, 0.4) is 0 Å². The first-order chi connectivity index (χ1) is 15.8. The summed E-state index contributed by atoms with van der Waals surface area (Å²) in [6.45, 7) is 4.93. The van der Waals surface area contributed by atoms with Crippen molar-refractivity contribution in [3.05, 3.63) is 64.7 Å². The van der Waals surface area contributed by atoms with Crippen LogP contribution in [0.25, 0.3) is 5.57 Å². The normalized spacial score (nSPS) is 18.7. The van der Waals surface area contributed by atoms with E-state index in [2.05, 4.69) is 20.3 Å². The van der Waals surface area contributed by atoms with Gasteiger partial charge in [0.25, 0.3) is 5.92 Å². The van der Waals surface area contributed by atoms with E-state index in [9.17, 15) is 13.2 Å². The van der Waals surface area contributed by atoms with Crippen LogP contribution in [-0.4, -0.2) is 43.1 Å². The van der Waals surface area contributed by atoms with Crippen LogP contribution in [0, 0.1) is 5.82 Å². The molecule has 0 aliphatic carbocycles. The lowest BCUT2D eigenvalue weighted by atomic mass is 9.99. The lowest BCUT2D eigenvalue weighted by Crippen LogP contribution is -2.38. The van der Waals surface area contributed by atoms with Crippen molar-refractivity contribution in [2.45, 2.75) is 32.2 Å². The Morgan fingerprint density at radius 1 is 1.27 bits per heavy atom. The van der Waals surface area contributed by atoms with Gasteiger partial charge in [0.2, 0.25) is 5.96 Å². The minimum Gasteiger partial charge on any atom is -0.377 e. The van der Waals surface area contributed by atoms with E-state index in [-0.39, 0.29) is 5.56 Å². The predicted molar refractivity (Wildman–Crippen MR) is 121 cm³/mol. The highest BCUT2D eigenvalue weighted by Gasteiger charge is 2.32. The second-order valence-electron chi connectivity index (χ2n) is 8.40. The Morgan fingerprint density at radius 2 is 2.12 bits per heavy atom. The number of halogens is 3. The first kappa shape index (κ1) is 21.6. The summed E-state index contributed by atoms with van der Waals surface area (Å²) in [5.41, 5.74) is 3.14. The van der Waals surface area contributed by atoms with Crippen LogP contribution in [0.1, 0.15) is 48.7 Å². The molecule has 9 heteroatoms. The molecule has 1 N–H and O–H groups in total. The summed E-state index contributed by atoms with van der Waals surface area (Å²) in [6.07, 6.45) is 4.59. The van der Waals surface area contributed by atoms with Crippen LogP contribution in [0.15, 0.2) is 46.5 Å². The highest BCUT2D eigenvalue weighted by molar-refractivity contribution is 6.18. The van der Waals surface area contributed by atoms with Crippen molar-refractivity contribution in [2.75, 3.05) is 31.2 Å². The zero-order valence-corrected chi connectivity index (χ0v) is 18.4. The number of hydrogen-bond acceptors (Lipinski definition) is 6.